The first kappa shape index (κ1) is 8.23. The molecule has 68 valence electrons. The molecule has 3 heteroatoms. The van der Waals surface area contributed by atoms with Crippen LogP contribution in [0.2, 0.25) is 0 Å². The van der Waals surface area contributed by atoms with Crippen LogP contribution >= 0.6 is 0 Å². The van der Waals surface area contributed by atoms with Crippen LogP contribution in [0.3, 0.4) is 0 Å². The lowest BCUT2D eigenvalue weighted by molar-refractivity contribution is 0.533. The molecule has 0 saturated heterocycles. The van der Waals surface area contributed by atoms with Crippen LogP contribution in [-0.4, -0.2) is 14.5 Å². The molecule has 2 aromatic rings. The SMILES string of the molecule is CC(C)Cn1ccc2nccnc21. The Morgan fingerprint density at radius 3 is 2.85 bits per heavy atom. The Bertz CT molecular complexity index is 403. The Morgan fingerprint density at radius 2 is 2.08 bits per heavy atom. The van der Waals surface area contributed by atoms with Crippen molar-refractivity contribution in [1.29, 1.82) is 0 Å². The van der Waals surface area contributed by atoms with Gasteiger partial charge in [-0.2, -0.15) is 0 Å². The lowest BCUT2D eigenvalue weighted by Gasteiger charge is -2.06. The highest BCUT2D eigenvalue weighted by Crippen LogP contribution is 2.11. The molecular formula is C10H13N3. The zero-order chi connectivity index (χ0) is 9.26. The zero-order valence-corrected chi connectivity index (χ0v) is 7.94. The molecule has 0 bridgehead atoms. The van der Waals surface area contributed by atoms with Gasteiger partial charge in [-0.3, -0.25) is 4.98 Å². The van der Waals surface area contributed by atoms with E-state index >= 15 is 0 Å². The summed E-state index contributed by atoms with van der Waals surface area (Å²) in [6, 6.07) is 2.00. The van der Waals surface area contributed by atoms with Crippen molar-refractivity contribution in [3.05, 3.63) is 24.7 Å². The highest BCUT2D eigenvalue weighted by Gasteiger charge is 2.03. The van der Waals surface area contributed by atoms with E-state index in [2.05, 4.69) is 28.4 Å². The van der Waals surface area contributed by atoms with Crippen LogP contribution in [0.4, 0.5) is 0 Å². The first-order chi connectivity index (χ1) is 6.27. The fraction of sp³-hybridized carbons (Fsp3) is 0.400. The Morgan fingerprint density at radius 1 is 1.31 bits per heavy atom. The van der Waals surface area contributed by atoms with Gasteiger partial charge in [0.15, 0.2) is 5.65 Å². The van der Waals surface area contributed by atoms with Gasteiger partial charge in [0.05, 0.1) is 0 Å². The van der Waals surface area contributed by atoms with Crippen molar-refractivity contribution in [2.75, 3.05) is 0 Å². The van der Waals surface area contributed by atoms with Gasteiger partial charge in [0.1, 0.15) is 5.52 Å². The van der Waals surface area contributed by atoms with E-state index < -0.39 is 0 Å². The van der Waals surface area contributed by atoms with Crippen LogP contribution in [-0.2, 0) is 6.54 Å². The van der Waals surface area contributed by atoms with Crippen molar-refractivity contribution >= 4 is 11.2 Å². The number of hydrogen-bond donors (Lipinski definition) is 0. The van der Waals surface area contributed by atoms with Crippen LogP contribution in [0.5, 0.6) is 0 Å². The largest absolute Gasteiger partial charge is 0.331 e. The molecule has 0 aromatic carbocycles. The molecule has 0 fully saturated rings. The van der Waals surface area contributed by atoms with Gasteiger partial charge in [-0.15, -0.1) is 0 Å². The van der Waals surface area contributed by atoms with Crippen LogP contribution in [0, 0.1) is 5.92 Å². The quantitative estimate of drug-likeness (QED) is 0.699. The third kappa shape index (κ3) is 1.54. The van der Waals surface area contributed by atoms with Crippen molar-refractivity contribution in [3.63, 3.8) is 0 Å². The van der Waals surface area contributed by atoms with Crippen LogP contribution in [0.15, 0.2) is 24.7 Å². The summed E-state index contributed by atoms with van der Waals surface area (Å²) in [7, 11) is 0. The predicted molar refractivity (Wildman–Crippen MR) is 52.4 cm³/mol. The van der Waals surface area contributed by atoms with Gasteiger partial charge in [0.2, 0.25) is 0 Å². The van der Waals surface area contributed by atoms with Gasteiger partial charge in [0, 0.05) is 25.1 Å². The molecule has 0 atom stereocenters. The smallest absolute Gasteiger partial charge is 0.158 e. The van der Waals surface area contributed by atoms with Gasteiger partial charge >= 0.3 is 0 Å². The molecule has 0 aliphatic heterocycles. The lowest BCUT2D eigenvalue weighted by Crippen LogP contribution is -2.03. The molecular weight excluding hydrogens is 162 g/mol. The number of rotatable bonds is 2. The van der Waals surface area contributed by atoms with Crippen molar-refractivity contribution in [2.45, 2.75) is 20.4 Å². The average molecular weight is 175 g/mol. The molecule has 3 nitrogen and oxygen atoms in total. The molecule has 2 aromatic heterocycles. The summed E-state index contributed by atoms with van der Waals surface area (Å²) in [4.78, 5) is 8.52. The van der Waals surface area contributed by atoms with E-state index in [4.69, 9.17) is 0 Å². The fourth-order valence-corrected chi connectivity index (χ4v) is 1.45. The van der Waals surface area contributed by atoms with Gasteiger partial charge in [0.25, 0.3) is 0 Å². The van der Waals surface area contributed by atoms with Gasteiger partial charge in [-0.25, -0.2) is 4.98 Å². The standard InChI is InChI=1S/C10H13N3/c1-8(2)7-13-6-3-9-10(13)12-5-4-11-9/h3-6,8H,7H2,1-2H3. The zero-order valence-electron chi connectivity index (χ0n) is 7.94. The summed E-state index contributed by atoms with van der Waals surface area (Å²) < 4.78 is 2.15. The number of fused-ring (bicyclic) bond motifs is 1. The highest BCUT2D eigenvalue weighted by molar-refractivity contribution is 5.70. The van der Waals surface area contributed by atoms with E-state index in [9.17, 15) is 0 Å². The number of aromatic nitrogens is 3. The lowest BCUT2D eigenvalue weighted by atomic mass is 10.2. The van der Waals surface area contributed by atoms with Crippen LogP contribution in [0.25, 0.3) is 11.2 Å². The first-order valence-corrected chi connectivity index (χ1v) is 4.53. The minimum absolute atomic E-state index is 0.637. The van der Waals surface area contributed by atoms with Crippen LogP contribution in [0.1, 0.15) is 13.8 Å². The third-order valence-electron chi connectivity index (χ3n) is 1.95. The molecule has 2 rings (SSSR count). The summed E-state index contributed by atoms with van der Waals surface area (Å²) in [6.45, 7) is 5.40. The highest BCUT2D eigenvalue weighted by atomic mass is 15.0. The van der Waals surface area contributed by atoms with Gasteiger partial charge < -0.3 is 4.57 Å². The molecule has 0 aliphatic carbocycles. The van der Waals surface area contributed by atoms with Crippen molar-refractivity contribution in [1.82, 2.24) is 14.5 Å². The average Bonchev–Trinajstić information content (AvgIpc) is 2.48. The Balaban J connectivity index is 2.46. The Labute approximate surface area is 77.4 Å². The topological polar surface area (TPSA) is 30.7 Å². The maximum Gasteiger partial charge on any atom is 0.158 e. The molecule has 0 radical (unpaired) electrons. The monoisotopic (exact) mass is 175 g/mol. The van der Waals surface area contributed by atoms with Crippen molar-refractivity contribution in [2.24, 2.45) is 5.92 Å². The summed E-state index contributed by atoms with van der Waals surface area (Å²) in [6.07, 6.45) is 5.51. The molecule has 13 heavy (non-hydrogen) atoms. The van der Waals surface area contributed by atoms with Crippen LogP contribution < -0.4 is 0 Å². The molecule has 0 saturated carbocycles. The maximum atomic E-state index is 4.29. The molecule has 0 spiro atoms. The molecule has 2 heterocycles. The third-order valence-corrected chi connectivity index (χ3v) is 1.95. The second kappa shape index (κ2) is 3.17. The molecule has 0 N–H and O–H groups in total. The van der Waals surface area contributed by atoms with E-state index in [0.29, 0.717) is 5.92 Å². The minimum Gasteiger partial charge on any atom is -0.331 e. The number of nitrogens with zero attached hydrogens (tertiary/aromatic N) is 3. The Hall–Kier alpha value is -1.38. The summed E-state index contributed by atoms with van der Waals surface area (Å²) in [5.74, 6) is 0.637. The van der Waals surface area contributed by atoms with E-state index in [1.165, 1.54) is 0 Å². The summed E-state index contributed by atoms with van der Waals surface area (Å²) in [5.41, 5.74) is 1.96. The molecule has 0 amide bonds. The number of hydrogen-bond acceptors (Lipinski definition) is 2. The predicted octanol–water partition coefficient (Wildman–Crippen LogP) is 2.09. The fourth-order valence-electron chi connectivity index (χ4n) is 1.45. The second-order valence-electron chi connectivity index (χ2n) is 3.63. The maximum absolute atomic E-state index is 4.29. The summed E-state index contributed by atoms with van der Waals surface area (Å²) >= 11 is 0. The normalized spacial score (nSPS) is 11.3. The second-order valence-corrected chi connectivity index (χ2v) is 3.63. The molecule has 0 aliphatic rings. The molecule has 0 unspecified atom stereocenters. The van der Waals surface area contributed by atoms with E-state index in [0.717, 1.165) is 17.7 Å². The van der Waals surface area contributed by atoms with Crippen molar-refractivity contribution in [3.8, 4) is 0 Å². The summed E-state index contributed by atoms with van der Waals surface area (Å²) in [5, 5.41) is 0. The Kier molecular flexibility index (Phi) is 2.00. The van der Waals surface area contributed by atoms with E-state index in [1.54, 1.807) is 12.4 Å². The van der Waals surface area contributed by atoms with E-state index in [-0.39, 0.29) is 0 Å². The van der Waals surface area contributed by atoms with E-state index in [1.807, 2.05) is 12.3 Å². The first-order valence-electron chi connectivity index (χ1n) is 4.53. The van der Waals surface area contributed by atoms with Gasteiger partial charge in [-0.05, 0) is 12.0 Å². The van der Waals surface area contributed by atoms with Crippen molar-refractivity contribution < 1.29 is 0 Å². The van der Waals surface area contributed by atoms with Gasteiger partial charge in [-0.1, -0.05) is 13.8 Å². The minimum atomic E-state index is 0.637.